The number of ether oxygens (including phenoxy) is 3. The van der Waals surface area contributed by atoms with Crippen molar-refractivity contribution >= 4 is 11.9 Å². The average molecular weight is 343 g/mol. The third-order valence-corrected chi connectivity index (χ3v) is 3.46. The molecule has 2 aromatic carbocycles. The summed E-state index contributed by atoms with van der Waals surface area (Å²) in [4.78, 5) is 23.4. The van der Waals surface area contributed by atoms with Gasteiger partial charge in [0.05, 0.1) is 13.7 Å². The molecule has 0 bridgehead atoms. The summed E-state index contributed by atoms with van der Waals surface area (Å²) < 4.78 is 15.8. The fourth-order valence-corrected chi connectivity index (χ4v) is 2.19. The summed E-state index contributed by atoms with van der Waals surface area (Å²) in [6, 6.07) is 15.8. The van der Waals surface area contributed by atoms with Crippen LogP contribution in [0.4, 0.5) is 0 Å². The van der Waals surface area contributed by atoms with E-state index in [-0.39, 0.29) is 6.42 Å². The summed E-state index contributed by atoms with van der Waals surface area (Å²) in [7, 11) is 1.59. The van der Waals surface area contributed by atoms with Crippen molar-refractivity contribution in [1.29, 1.82) is 0 Å². The van der Waals surface area contributed by atoms with Gasteiger partial charge in [0, 0.05) is 12.0 Å². The van der Waals surface area contributed by atoms with Crippen LogP contribution in [0.15, 0.2) is 54.6 Å². The third-order valence-electron chi connectivity index (χ3n) is 3.46. The van der Waals surface area contributed by atoms with E-state index in [0.29, 0.717) is 24.3 Å². The minimum atomic E-state index is -1.07. The van der Waals surface area contributed by atoms with Crippen LogP contribution in [0.5, 0.6) is 11.5 Å². The Morgan fingerprint density at radius 2 is 1.64 bits per heavy atom. The number of primary amides is 1. The lowest BCUT2D eigenvalue weighted by molar-refractivity contribution is -0.155. The molecule has 1 amide bonds. The Bertz CT molecular complexity index is 685. The van der Waals surface area contributed by atoms with Gasteiger partial charge in [-0.25, -0.2) is 0 Å². The average Bonchev–Trinajstić information content (AvgIpc) is 2.64. The fraction of sp³-hybridized carbons (Fsp3) is 0.263. The molecular weight excluding hydrogens is 322 g/mol. The SMILES string of the molecule is COc1ccc(OCCCC(=O)OC(C(N)=O)c2ccccc2)cc1. The predicted molar refractivity (Wildman–Crippen MR) is 92.2 cm³/mol. The first-order valence-corrected chi connectivity index (χ1v) is 7.90. The van der Waals surface area contributed by atoms with Crippen molar-refractivity contribution in [3.8, 4) is 11.5 Å². The van der Waals surface area contributed by atoms with Gasteiger partial charge in [-0.2, -0.15) is 0 Å². The lowest BCUT2D eigenvalue weighted by Crippen LogP contribution is -2.26. The van der Waals surface area contributed by atoms with Crippen molar-refractivity contribution in [1.82, 2.24) is 0 Å². The van der Waals surface area contributed by atoms with Crippen LogP contribution in [0.3, 0.4) is 0 Å². The second-order valence-electron chi connectivity index (χ2n) is 5.31. The molecule has 2 rings (SSSR count). The van der Waals surface area contributed by atoms with E-state index in [1.54, 1.807) is 61.7 Å². The Hall–Kier alpha value is -3.02. The highest BCUT2D eigenvalue weighted by Gasteiger charge is 2.21. The second kappa shape index (κ2) is 9.32. The summed E-state index contributed by atoms with van der Waals surface area (Å²) in [5.41, 5.74) is 5.87. The number of hydrogen-bond donors (Lipinski definition) is 1. The number of benzene rings is 2. The summed E-state index contributed by atoms with van der Waals surface area (Å²) in [5, 5.41) is 0. The number of hydrogen-bond acceptors (Lipinski definition) is 5. The van der Waals surface area contributed by atoms with Crippen molar-refractivity contribution in [2.75, 3.05) is 13.7 Å². The smallest absolute Gasteiger partial charge is 0.307 e. The van der Waals surface area contributed by atoms with Gasteiger partial charge in [0.1, 0.15) is 11.5 Å². The maximum Gasteiger partial charge on any atom is 0.307 e. The van der Waals surface area contributed by atoms with Gasteiger partial charge >= 0.3 is 5.97 Å². The second-order valence-corrected chi connectivity index (χ2v) is 5.31. The van der Waals surface area contributed by atoms with Crippen molar-refractivity contribution in [3.63, 3.8) is 0 Å². The van der Waals surface area contributed by atoms with E-state index in [0.717, 1.165) is 5.75 Å². The molecule has 0 fully saturated rings. The lowest BCUT2D eigenvalue weighted by Gasteiger charge is -2.15. The van der Waals surface area contributed by atoms with Crippen molar-refractivity contribution in [2.24, 2.45) is 5.73 Å². The highest BCUT2D eigenvalue weighted by molar-refractivity contribution is 5.83. The molecule has 0 saturated carbocycles. The van der Waals surface area contributed by atoms with Gasteiger partial charge in [-0.1, -0.05) is 30.3 Å². The number of carbonyl (C=O) groups is 2. The molecule has 25 heavy (non-hydrogen) atoms. The van der Waals surface area contributed by atoms with Gasteiger partial charge < -0.3 is 19.9 Å². The number of amides is 1. The number of rotatable bonds is 9. The molecule has 0 radical (unpaired) electrons. The lowest BCUT2D eigenvalue weighted by atomic mass is 10.1. The number of carbonyl (C=O) groups excluding carboxylic acids is 2. The monoisotopic (exact) mass is 343 g/mol. The van der Waals surface area contributed by atoms with Crippen LogP contribution in [-0.4, -0.2) is 25.6 Å². The largest absolute Gasteiger partial charge is 0.497 e. The maximum absolute atomic E-state index is 11.9. The quantitative estimate of drug-likeness (QED) is 0.558. The molecule has 0 spiro atoms. The molecule has 1 unspecified atom stereocenters. The zero-order chi connectivity index (χ0) is 18.1. The molecule has 0 aliphatic rings. The van der Waals surface area contributed by atoms with E-state index in [2.05, 4.69) is 0 Å². The minimum absolute atomic E-state index is 0.132. The van der Waals surface area contributed by atoms with Crippen LogP contribution in [0.2, 0.25) is 0 Å². The molecule has 2 aromatic rings. The van der Waals surface area contributed by atoms with Gasteiger partial charge in [-0.15, -0.1) is 0 Å². The topological polar surface area (TPSA) is 87.8 Å². The summed E-state index contributed by atoms with van der Waals surface area (Å²) >= 11 is 0. The van der Waals surface area contributed by atoms with Crippen LogP contribution >= 0.6 is 0 Å². The number of methoxy groups -OCH3 is 1. The van der Waals surface area contributed by atoms with Crippen molar-refractivity contribution in [2.45, 2.75) is 18.9 Å². The van der Waals surface area contributed by atoms with E-state index in [1.165, 1.54) is 0 Å². The van der Waals surface area contributed by atoms with E-state index < -0.39 is 18.0 Å². The molecule has 0 saturated heterocycles. The number of nitrogens with two attached hydrogens (primary N) is 1. The summed E-state index contributed by atoms with van der Waals surface area (Å²) in [6.45, 7) is 0.355. The standard InChI is InChI=1S/C19H21NO5/c1-23-15-9-11-16(12-10-15)24-13-5-8-17(21)25-18(19(20)22)14-6-3-2-4-7-14/h2-4,6-7,9-12,18H,5,8,13H2,1H3,(H2,20,22). The Kier molecular flexibility index (Phi) is 6.83. The van der Waals surface area contributed by atoms with Crippen LogP contribution in [0.1, 0.15) is 24.5 Å². The van der Waals surface area contributed by atoms with Gasteiger partial charge in [0.2, 0.25) is 6.10 Å². The molecule has 1 atom stereocenters. The molecular formula is C19H21NO5. The minimum Gasteiger partial charge on any atom is -0.497 e. The molecule has 132 valence electrons. The zero-order valence-electron chi connectivity index (χ0n) is 14.0. The Morgan fingerprint density at radius 1 is 1.00 bits per heavy atom. The third kappa shape index (κ3) is 5.84. The van der Waals surface area contributed by atoms with Gasteiger partial charge in [-0.05, 0) is 30.7 Å². The Balaban J connectivity index is 1.76. The van der Waals surface area contributed by atoms with Gasteiger partial charge in [0.25, 0.3) is 5.91 Å². The van der Waals surface area contributed by atoms with Crippen LogP contribution < -0.4 is 15.2 Å². The molecule has 6 nitrogen and oxygen atoms in total. The highest BCUT2D eigenvalue weighted by Crippen LogP contribution is 2.19. The maximum atomic E-state index is 11.9. The molecule has 0 aromatic heterocycles. The first-order valence-electron chi connectivity index (χ1n) is 7.90. The van der Waals surface area contributed by atoms with Crippen LogP contribution in [0, 0.1) is 0 Å². The fourth-order valence-electron chi connectivity index (χ4n) is 2.19. The van der Waals surface area contributed by atoms with E-state index in [4.69, 9.17) is 19.9 Å². The highest BCUT2D eigenvalue weighted by atomic mass is 16.5. The van der Waals surface area contributed by atoms with Gasteiger partial charge in [0.15, 0.2) is 0 Å². The van der Waals surface area contributed by atoms with Crippen molar-refractivity contribution < 1.29 is 23.8 Å². The molecule has 0 aliphatic heterocycles. The van der Waals surface area contributed by atoms with Crippen LogP contribution in [0.25, 0.3) is 0 Å². The molecule has 6 heteroatoms. The molecule has 2 N–H and O–H groups in total. The first-order chi connectivity index (χ1) is 12.1. The molecule has 0 heterocycles. The Morgan fingerprint density at radius 3 is 2.24 bits per heavy atom. The van der Waals surface area contributed by atoms with Crippen molar-refractivity contribution in [3.05, 3.63) is 60.2 Å². The summed E-state index contributed by atoms with van der Waals surface area (Å²) in [5.74, 6) is 0.239. The zero-order valence-corrected chi connectivity index (χ0v) is 14.0. The van der Waals surface area contributed by atoms with E-state index >= 15 is 0 Å². The Labute approximate surface area is 146 Å². The normalized spacial score (nSPS) is 11.4. The van der Waals surface area contributed by atoms with E-state index in [1.807, 2.05) is 0 Å². The van der Waals surface area contributed by atoms with Gasteiger partial charge in [-0.3, -0.25) is 9.59 Å². The predicted octanol–water partition coefficient (Wildman–Crippen LogP) is 2.62. The van der Waals surface area contributed by atoms with Crippen LogP contribution in [-0.2, 0) is 14.3 Å². The first kappa shape index (κ1) is 18.3. The number of esters is 1. The molecule has 0 aliphatic carbocycles. The summed E-state index contributed by atoms with van der Waals surface area (Å²) in [6.07, 6.45) is -0.478. The van der Waals surface area contributed by atoms with E-state index in [9.17, 15) is 9.59 Å².